The second-order valence-corrected chi connectivity index (χ2v) is 4.55. The van der Waals surface area contributed by atoms with E-state index in [-0.39, 0.29) is 0 Å². The molecular weight excluding hydrogens is 252 g/mol. The Hall–Kier alpha value is -2.07. The van der Waals surface area contributed by atoms with Crippen LogP contribution in [-0.4, -0.2) is 19.2 Å². The van der Waals surface area contributed by atoms with E-state index in [0.717, 1.165) is 41.5 Å². The number of benzene rings is 1. The summed E-state index contributed by atoms with van der Waals surface area (Å²) in [5, 5.41) is 3.37. The van der Waals surface area contributed by atoms with Crippen molar-refractivity contribution in [3.8, 4) is 11.5 Å². The van der Waals surface area contributed by atoms with Gasteiger partial charge >= 0.3 is 0 Å². The molecule has 0 aliphatic rings. The summed E-state index contributed by atoms with van der Waals surface area (Å²) in [4.78, 5) is 4.46. The maximum absolute atomic E-state index is 5.37. The molecule has 0 atom stereocenters. The topological polar surface area (TPSA) is 43.4 Å². The molecule has 4 nitrogen and oxygen atoms in total. The van der Waals surface area contributed by atoms with Crippen LogP contribution >= 0.6 is 0 Å². The lowest BCUT2D eigenvalue weighted by Gasteiger charge is -2.11. The van der Waals surface area contributed by atoms with Crippen LogP contribution in [0.3, 0.4) is 0 Å². The normalized spacial score (nSPS) is 10.3. The molecule has 20 heavy (non-hydrogen) atoms. The van der Waals surface area contributed by atoms with Crippen molar-refractivity contribution in [3.05, 3.63) is 53.3 Å². The summed E-state index contributed by atoms with van der Waals surface area (Å²) in [6, 6.07) is 11.9. The Morgan fingerprint density at radius 1 is 1.05 bits per heavy atom. The van der Waals surface area contributed by atoms with Crippen LogP contribution in [0.1, 0.15) is 17.0 Å². The number of nitrogens with zero attached hydrogens (tertiary/aromatic N) is 1. The fourth-order valence-electron chi connectivity index (χ4n) is 2.02. The number of methoxy groups -OCH3 is 2. The van der Waals surface area contributed by atoms with Gasteiger partial charge in [-0.3, -0.25) is 4.98 Å². The lowest BCUT2D eigenvalue weighted by atomic mass is 10.2. The second kappa shape index (κ2) is 6.91. The van der Waals surface area contributed by atoms with Crippen LogP contribution in [-0.2, 0) is 13.1 Å². The molecule has 0 amide bonds. The van der Waals surface area contributed by atoms with Crippen molar-refractivity contribution < 1.29 is 9.47 Å². The van der Waals surface area contributed by atoms with Crippen LogP contribution in [0, 0.1) is 6.92 Å². The summed E-state index contributed by atoms with van der Waals surface area (Å²) in [7, 11) is 3.32. The van der Waals surface area contributed by atoms with E-state index in [1.165, 1.54) is 0 Å². The van der Waals surface area contributed by atoms with Gasteiger partial charge in [0.15, 0.2) is 0 Å². The molecule has 0 saturated heterocycles. The van der Waals surface area contributed by atoms with Crippen LogP contribution < -0.4 is 14.8 Å². The highest BCUT2D eigenvalue weighted by Gasteiger charge is 2.04. The van der Waals surface area contributed by atoms with Gasteiger partial charge in [-0.25, -0.2) is 0 Å². The number of ether oxygens (including phenoxy) is 2. The SMILES string of the molecule is COc1ccc(CNCc2cccc(C)n2)c(OC)c1. The van der Waals surface area contributed by atoms with E-state index in [1.807, 2.05) is 43.3 Å². The number of hydrogen-bond acceptors (Lipinski definition) is 4. The first kappa shape index (κ1) is 14.3. The zero-order valence-electron chi connectivity index (χ0n) is 12.1. The lowest BCUT2D eigenvalue weighted by Crippen LogP contribution is -2.14. The summed E-state index contributed by atoms with van der Waals surface area (Å²) >= 11 is 0. The average Bonchev–Trinajstić information content (AvgIpc) is 2.47. The Balaban J connectivity index is 1.97. The van der Waals surface area contributed by atoms with Gasteiger partial charge in [0.25, 0.3) is 0 Å². The highest BCUT2D eigenvalue weighted by Crippen LogP contribution is 2.24. The smallest absolute Gasteiger partial charge is 0.127 e. The zero-order valence-corrected chi connectivity index (χ0v) is 12.1. The van der Waals surface area contributed by atoms with E-state index in [2.05, 4.69) is 10.3 Å². The minimum atomic E-state index is 0.725. The predicted molar refractivity (Wildman–Crippen MR) is 79.1 cm³/mol. The van der Waals surface area contributed by atoms with Crippen molar-refractivity contribution in [1.29, 1.82) is 0 Å². The van der Waals surface area contributed by atoms with Gasteiger partial charge in [-0.2, -0.15) is 0 Å². The van der Waals surface area contributed by atoms with Gasteiger partial charge in [-0.05, 0) is 25.1 Å². The summed E-state index contributed by atoms with van der Waals surface area (Å²) in [5.41, 5.74) is 3.17. The van der Waals surface area contributed by atoms with Gasteiger partial charge < -0.3 is 14.8 Å². The van der Waals surface area contributed by atoms with Gasteiger partial charge in [0.05, 0.1) is 19.9 Å². The van der Waals surface area contributed by atoms with E-state index in [0.29, 0.717) is 0 Å². The summed E-state index contributed by atoms with van der Waals surface area (Å²) in [5.74, 6) is 1.63. The molecule has 0 bridgehead atoms. The van der Waals surface area contributed by atoms with Crippen molar-refractivity contribution >= 4 is 0 Å². The Bertz CT molecular complexity index is 570. The monoisotopic (exact) mass is 272 g/mol. The minimum Gasteiger partial charge on any atom is -0.497 e. The van der Waals surface area contributed by atoms with Crippen LogP contribution in [0.2, 0.25) is 0 Å². The van der Waals surface area contributed by atoms with Gasteiger partial charge in [0.1, 0.15) is 11.5 Å². The molecule has 1 N–H and O–H groups in total. The first-order valence-corrected chi connectivity index (χ1v) is 6.57. The third-order valence-corrected chi connectivity index (χ3v) is 3.06. The van der Waals surface area contributed by atoms with Gasteiger partial charge in [-0.1, -0.05) is 12.1 Å². The highest BCUT2D eigenvalue weighted by atomic mass is 16.5. The molecule has 1 aromatic carbocycles. The summed E-state index contributed by atoms with van der Waals surface area (Å²) in [6.45, 7) is 3.45. The Labute approximate surface area is 119 Å². The van der Waals surface area contributed by atoms with Crippen molar-refractivity contribution in [2.75, 3.05) is 14.2 Å². The quantitative estimate of drug-likeness (QED) is 0.878. The van der Waals surface area contributed by atoms with Crippen molar-refractivity contribution in [2.45, 2.75) is 20.0 Å². The fourth-order valence-corrected chi connectivity index (χ4v) is 2.02. The molecule has 2 rings (SSSR count). The zero-order chi connectivity index (χ0) is 14.4. The number of rotatable bonds is 6. The van der Waals surface area contributed by atoms with E-state index >= 15 is 0 Å². The molecule has 1 aromatic heterocycles. The van der Waals surface area contributed by atoms with Crippen LogP contribution in [0.5, 0.6) is 11.5 Å². The molecular formula is C16H20N2O2. The van der Waals surface area contributed by atoms with E-state index in [4.69, 9.17) is 9.47 Å². The maximum Gasteiger partial charge on any atom is 0.127 e. The number of aromatic nitrogens is 1. The van der Waals surface area contributed by atoms with Crippen LogP contribution in [0.25, 0.3) is 0 Å². The summed E-state index contributed by atoms with van der Waals surface area (Å²) < 4.78 is 10.6. The Kier molecular flexibility index (Phi) is 4.96. The van der Waals surface area contributed by atoms with Crippen LogP contribution in [0.15, 0.2) is 36.4 Å². The van der Waals surface area contributed by atoms with Crippen molar-refractivity contribution in [2.24, 2.45) is 0 Å². The van der Waals surface area contributed by atoms with Gasteiger partial charge in [-0.15, -0.1) is 0 Å². The van der Waals surface area contributed by atoms with E-state index < -0.39 is 0 Å². The number of nitrogens with one attached hydrogen (secondary N) is 1. The van der Waals surface area contributed by atoms with Crippen molar-refractivity contribution in [1.82, 2.24) is 10.3 Å². The molecule has 0 aliphatic carbocycles. The molecule has 1 heterocycles. The molecule has 0 saturated carbocycles. The molecule has 0 fully saturated rings. The molecule has 106 valence electrons. The predicted octanol–water partition coefficient (Wildman–Crippen LogP) is 2.70. The van der Waals surface area contributed by atoms with Crippen LogP contribution in [0.4, 0.5) is 0 Å². The van der Waals surface area contributed by atoms with Crippen molar-refractivity contribution in [3.63, 3.8) is 0 Å². The number of hydrogen-bond donors (Lipinski definition) is 1. The number of aryl methyl sites for hydroxylation is 1. The molecule has 0 spiro atoms. The highest BCUT2D eigenvalue weighted by molar-refractivity contribution is 5.40. The fraction of sp³-hybridized carbons (Fsp3) is 0.312. The summed E-state index contributed by atoms with van der Waals surface area (Å²) in [6.07, 6.45) is 0. The largest absolute Gasteiger partial charge is 0.497 e. The average molecular weight is 272 g/mol. The first-order valence-electron chi connectivity index (χ1n) is 6.57. The third kappa shape index (κ3) is 3.71. The number of pyridine rings is 1. The molecule has 0 unspecified atom stereocenters. The molecule has 0 radical (unpaired) electrons. The first-order chi connectivity index (χ1) is 9.72. The minimum absolute atomic E-state index is 0.725. The Morgan fingerprint density at radius 3 is 2.60 bits per heavy atom. The standard InChI is InChI=1S/C16H20N2O2/c1-12-5-4-6-14(18-12)11-17-10-13-7-8-15(19-2)9-16(13)20-3/h4-9,17H,10-11H2,1-3H3. The lowest BCUT2D eigenvalue weighted by molar-refractivity contribution is 0.389. The maximum atomic E-state index is 5.37. The third-order valence-electron chi connectivity index (χ3n) is 3.06. The second-order valence-electron chi connectivity index (χ2n) is 4.55. The van der Waals surface area contributed by atoms with E-state index in [9.17, 15) is 0 Å². The molecule has 2 aromatic rings. The molecule has 0 aliphatic heterocycles. The Morgan fingerprint density at radius 2 is 1.90 bits per heavy atom. The van der Waals surface area contributed by atoms with Gasteiger partial charge in [0.2, 0.25) is 0 Å². The molecule has 4 heteroatoms. The van der Waals surface area contributed by atoms with Gasteiger partial charge in [0, 0.05) is 30.4 Å². The van der Waals surface area contributed by atoms with E-state index in [1.54, 1.807) is 14.2 Å².